The van der Waals surface area contributed by atoms with Gasteiger partial charge >= 0.3 is 0 Å². The molecule has 2 aromatic carbocycles. The highest BCUT2D eigenvalue weighted by molar-refractivity contribution is 7.92. The zero-order valence-electron chi connectivity index (χ0n) is 17.1. The monoisotopic (exact) mass is 402 g/mol. The van der Waals surface area contributed by atoms with Crippen LogP contribution in [0.3, 0.4) is 0 Å². The highest BCUT2D eigenvalue weighted by atomic mass is 32.2. The number of rotatable bonds is 9. The average molecular weight is 403 g/mol. The van der Waals surface area contributed by atoms with Crippen molar-refractivity contribution in [3.63, 3.8) is 0 Å². The van der Waals surface area contributed by atoms with Crippen LogP contribution in [0.5, 0.6) is 0 Å². The second kappa shape index (κ2) is 9.73. The van der Waals surface area contributed by atoms with Crippen LogP contribution >= 0.6 is 0 Å². The number of hydrogen-bond donors (Lipinski definition) is 1. The lowest BCUT2D eigenvalue weighted by atomic mass is 10.1. The normalized spacial score (nSPS) is 12.4. The van der Waals surface area contributed by atoms with E-state index in [0.717, 1.165) is 31.1 Å². The lowest BCUT2D eigenvalue weighted by Crippen LogP contribution is -2.47. The average Bonchev–Trinajstić information content (AvgIpc) is 2.65. The fraction of sp³-hybridized carbons (Fsp3) is 0.409. The quantitative estimate of drug-likeness (QED) is 0.670. The van der Waals surface area contributed by atoms with E-state index in [1.165, 1.54) is 9.87 Å². The molecule has 1 amide bonds. The van der Waals surface area contributed by atoms with Gasteiger partial charge in [0, 0.05) is 5.69 Å². The second-order valence-corrected chi connectivity index (χ2v) is 8.97. The molecule has 2 aromatic rings. The number of nitrogens with one attached hydrogen (secondary N) is 1. The van der Waals surface area contributed by atoms with Crippen LogP contribution in [0, 0.1) is 6.92 Å². The summed E-state index contributed by atoms with van der Waals surface area (Å²) in [5.41, 5.74) is 3.41. The molecule has 6 heteroatoms. The number of benzene rings is 2. The van der Waals surface area contributed by atoms with Gasteiger partial charge in [0.15, 0.2) is 0 Å². The zero-order valence-corrected chi connectivity index (χ0v) is 17.9. The molecule has 0 saturated heterocycles. The largest absolute Gasteiger partial charge is 0.324 e. The summed E-state index contributed by atoms with van der Waals surface area (Å²) in [5.74, 6) is -0.338. The molecular weight excluding hydrogens is 372 g/mol. The van der Waals surface area contributed by atoms with E-state index in [4.69, 9.17) is 0 Å². The van der Waals surface area contributed by atoms with Crippen molar-refractivity contribution < 1.29 is 13.2 Å². The van der Waals surface area contributed by atoms with E-state index in [-0.39, 0.29) is 5.91 Å². The lowest BCUT2D eigenvalue weighted by molar-refractivity contribution is -0.117. The van der Waals surface area contributed by atoms with Crippen molar-refractivity contribution in [2.24, 2.45) is 0 Å². The third-order valence-corrected chi connectivity index (χ3v) is 5.84. The fourth-order valence-electron chi connectivity index (χ4n) is 3.11. The molecule has 0 aliphatic carbocycles. The Labute approximate surface area is 168 Å². The highest BCUT2D eigenvalue weighted by Crippen LogP contribution is 2.24. The predicted octanol–water partition coefficient (Wildman–Crippen LogP) is 4.52. The Kier molecular flexibility index (Phi) is 7.63. The van der Waals surface area contributed by atoms with E-state index in [0.29, 0.717) is 17.8 Å². The summed E-state index contributed by atoms with van der Waals surface area (Å²) >= 11 is 0. The van der Waals surface area contributed by atoms with Gasteiger partial charge < -0.3 is 5.32 Å². The molecule has 0 aliphatic heterocycles. The maximum atomic E-state index is 12.9. The van der Waals surface area contributed by atoms with Gasteiger partial charge in [0.2, 0.25) is 15.9 Å². The maximum absolute atomic E-state index is 12.9. The van der Waals surface area contributed by atoms with Crippen LogP contribution in [0.4, 0.5) is 11.4 Å². The van der Waals surface area contributed by atoms with Crippen molar-refractivity contribution in [2.75, 3.05) is 15.9 Å². The first-order valence-corrected chi connectivity index (χ1v) is 11.6. The first kappa shape index (κ1) is 22.0. The van der Waals surface area contributed by atoms with Crippen molar-refractivity contribution >= 4 is 27.3 Å². The standard InChI is InChI=1S/C22H30N2O3S/c1-5-7-8-18-11-13-19(14-12-18)23-22(25)21(6-2)24(28(4,26)27)20-15-9-17(3)10-16-20/h9-16,21H,5-8H2,1-4H3,(H,23,25)/t21-/m1/s1. The van der Waals surface area contributed by atoms with Crippen LogP contribution in [0.1, 0.15) is 44.2 Å². The second-order valence-electron chi connectivity index (χ2n) is 7.11. The topological polar surface area (TPSA) is 66.5 Å². The molecule has 0 unspecified atom stereocenters. The van der Waals surface area contributed by atoms with Gasteiger partial charge in [-0.25, -0.2) is 8.42 Å². The lowest BCUT2D eigenvalue weighted by Gasteiger charge is -2.30. The van der Waals surface area contributed by atoms with Crippen LogP contribution in [-0.2, 0) is 21.2 Å². The van der Waals surface area contributed by atoms with E-state index in [9.17, 15) is 13.2 Å². The third-order valence-electron chi connectivity index (χ3n) is 4.66. The molecule has 0 aromatic heterocycles. The molecule has 1 atom stereocenters. The molecule has 2 rings (SSSR count). The summed E-state index contributed by atoms with van der Waals surface area (Å²) in [4.78, 5) is 12.9. The first-order chi connectivity index (χ1) is 13.3. The van der Waals surface area contributed by atoms with Crippen molar-refractivity contribution in [1.29, 1.82) is 0 Å². The first-order valence-electron chi connectivity index (χ1n) is 9.72. The molecule has 0 radical (unpaired) electrons. The minimum Gasteiger partial charge on any atom is -0.324 e. The summed E-state index contributed by atoms with van der Waals surface area (Å²) in [5, 5.41) is 2.86. The van der Waals surface area contributed by atoms with E-state index in [2.05, 4.69) is 12.2 Å². The minimum atomic E-state index is -3.62. The van der Waals surface area contributed by atoms with Gasteiger partial charge in [0.1, 0.15) is 6.04 Å². The van der Waals surface area contributed by atoms with Crippen molar-refractivity contribution in [3.8, 4) is 0 Å². The van der Waals surface area contributed by atoms with Crippen molar-refractivity contribution in [2.45, 2.75) is 52.5 Å². The molecule has 0 spiro atoms. The van der Waals surface area contributed by atoms with E-state index >= 15 is 0 Å². The highest BCUT2D eigenvalue weighted by Gasteiger charge is 2.31. The van der Waals surface area contributed by atoms with Crippen molar-refractivity contribution in [1.82, 2.24) is 0 Å². The van der Waals surface area contributed by atoms with Gasteiger partial charge in [-0.05, 0) is 56.0 Å². The predicted molar refractivity (Wildman–Crippen MR) is 116 cm³/mol. The summed E-state index contributed by atoms with van der Waals surface area (Å²) in [6, 6.07) is 14.1. The Bertz CT molecular complexity index is 875. The molecule has 0 heterocycles. The Morgan fingerprint density at radius 1 is 1.04 bits per heavy atom. The zero-order chi connectivity index (χ0) is 20.7. The number of carbonyl (C=O) groups excluding carboxylic acids is 1. The number of hydrogen-bond acceptors (Lipinski definition) is 3. The van der Waals surface area contributed by atoms with Gasteiger partial charge in [-0.2, -0.15) is 0 Å². The Morgan fingerprint density at radius 3 is 2.14 bits per heavy atom. The number of anilines is 2. The molecule has 152 valence electrons. The number of aryl methyl sites for hydroxylation is 2. The van der Waals surface area contributed by atoms with Gasteiger partial charge in [0.25, 0.3) is 0 Å². The van der Waals surface area contributed by atoms with Crippen LogP contribution in [-0.4, -0.2) is 26.6 Å². The number of carbonyl (C=O) groups is 1. The number of unbranched alkanes of at least 4 members (excludes halogenated alkanes) is 1. The number of nitrogens with zero attached hydrogens (tertiary/aromatic N) is 1. The van der Waals surface area contributed by atoms with Crippen LogP contribution in [0.2, 0.25) is 0 Å². The Balaban J connectivity index is 2.23. The molecule has 0 aliphatic rings. The Morgan fingerprint density at radius 2 is 1.64 bits per heavy atom. The summed E-state index contributed by atoms with van der Waals surface area (Å²) in [7, 11) is -3.62. The van der Waals surface area contributed by atoms with E-state index < -0.39 is 16.1 Å². The minimum absolute atomic E-state index is 0.338. The molecule has 1 N–H and O–H groups in total. The van der Waals surface area contributed by atoms with E-state index in [1.807, 2.05) is 50.2 Å². The fourth-order valence-corrected chi connectivity index (χ4v) is 4.32. The van der Waals surface area contributed by atoms with Crippen molar-refractivity contribution in [3.05, 3.63) is 59.7 Å². The van der Waals surface area contributed by atoms with E-state index in [1.54, 1.807) is 12.1 Å². The van der Waals surface area contributed by atoms with Gasteiger partial charge in [-0.3, -0.25) is 9.10 Å². The SMILES string of the molecule is CCCCc1ccc(NC(=O)[C@@H](CC)N(c2ccc(C)cc2)S(C)(=O)=O)cc1. The molecule has 0 bridgehead atoms. The summed E-state index contributed by atoms with van der Waals surface area (Å²) in [6.07, 6.45) is 4.77. The Hall–Kier alpha value is -2.34. The van der Waals surface area contributed by atoms with Gasteiger partial charge in [-0.1, -0.05) is 50.1 Å². The van der Waals surface area contributed by atoms with Crippen LogP contribution in [0.15, 0.2) is 48.5 Å². The number of sulfonamides is 1. The summed E-state index contributed by atoms with van der Waals surface area (Å²) in [6.45, 7) is 5.90. The molecule has 28 heavy (non-hydrogen) atoms. The molecule has 0 fully saturated rings. The van der Waals surface area contributed by atoms with Crippen LogP contribution < -0.4 is 9.62 Å². The summed E-state index contributed by atoms with van der Waals surface area (Å²) < 4.78 is 26.1. The maximum Gasteiger partial charge on any atom is 0.248 e. The molecule has 5 nitrogen and oxygen atoms in total. The van der Waals surface area contributed by atoms with Gasteiger partial charge in [0.05, 0.1) is 11.9 Å². The smallest absolute Gasteiger partial charge is 0.248 e. The van der Waals surface area contributed by atoms with Gasteiger partial charge in [-0.15, -0.1) is 0 Å². The third kappa shape index (κ3) is 5.83. The molecule has 0 saturated carbocycles. The number of amides is 1. The molecular formula is C22H30N2O3S. The van der Waals surface area contributed by atoms with Crippen LogP contribution in [0.25, 0.3) is 0 Å².